The average molecular weight is 666 g/mol. The maximum Gasteiger partial charge on any atom is 2.00 e. The standard InChI is InChI=1S/C28H18BN3O2S.Pt/c1-31-28-26(14-16-35-28)34-29(31)19-7-6-8-20(17-19)33-21-12-13-23-22-9-2-3-10-24(22)32(25(23)18-21)27-11-4-5-15-30-27;/h2-16H,1H3;/q-2;+2. The fourth-order valence-electron chi connectivity index (χ4n) is 4.66. The average Bonchev–Trinajstić information content (AvgIpc) is 3.57. The van der Waals surface area contributed by atoms with Crippen molar-refractivity contribution in [3.05, 3.63) is 103 Å². The van der Waals surface area contributed by atoms with E-state index in [0.29, 0.717) is 11.5 Å². The summed E-state index contributed by atoms with van der Waals surface area (Å²) in [5.41, 5.74) is 2.91. The summed E-state index contributed by atoms with van der Waals surface area (Å²) in [4.78, 5) is 6.71. The molecular formula is C28H18BN3O2PtS. The van der Waals surface area contributed by atoms with Crippen molar-refractivity contribution >= 4 is 50.7 Å². The van der Waals surface area contributed by atoms with E-state index in [1.165, 1.54) is 0 Å². The third-order valence-electron chi connectivity index (χ3n) is 6.23. The van der Waals surface area contributed by atoms with Gasteiger partial charge >= 0.3 is 28.1 Å². The molecule has 0 atom stereocenters. The van der Waals surface area contributed by atoms with Gasteiger partial charge < -0.3 is 18.8 Å². The summed E-state index contributed by atoms with van der Waals surface area (Å²) in [7, 11) is 1.81. The molecule has 176 valence electrons. The Morgan fingerprint density at radius 3 is 2.61 bits per heavy atom. The topological polar surface area (TPSA) is 39.5 Å². The number of hydrogen-bond acceptors (Lipinski definition) is 5. The van der Waals surface area contributed by atoms with Crippen molar-refractivity contribution in [1.82, 2.24) is 9.55 Å². The molecule has 0 bridgehead atoms. The van der Waals surface area contributed by atoms with E-state index in [0.717, 1.165) is 43.8 Å². The molecule has 3 aromatic heterocycles. The summed E-state index contributed by atoms with van der Waals surface area (Å²) in [5.74, 6) is 2.98. The van der Waals surface area contributed by atoms with Gasteiger partial charge in [-0.25, -0.2) is 4.98 Å². The summed E-state index contributed by atoms with van der Waals surface area (Å²) >= 11 is 1.67. The van der Waals surface area contributed by atoms with Crippen molar-refractivity contribution in [3.8, 4) is 23.1 Å². The number of aromatic nitrogens is 2. The first-order valence-corrected chi connectivity index (χ1v) is 12.2. The number of fused-ring (bicyclic) bond motifs is 4. The smallest absolute Gasteiger partial charge is 0.537 e. The zero-order valence-corrected chi connectivity index (χ0v) is 22.2. The van der Waals surface area contributed by atoms with Gasteiger partial charge in [0.15, 0.2) is 0 Å². The van der Waals surface area contributed by atoms with E-state index in [2.05, 4.69) is 50.8 Å². The molecule has 5 nitrogen and oxygen atoms in total. The first-order chi connectivity index (χ1) is 17.3. The van der Waals surface area contributed by atoms with Crippen LogP contribution < -0.4 is 19.7 Å². The first-order valence-electron chi connectivity index (χ1n) is 11.3. The van der Waals surface area contributed by atoms with Crippen LogP contribution in [0.5, 0.6) is 17.2 Å². The van der Waals surface area contributed by atoms with Crippen LogP contribution in [0.3, 0.4) is 0 Å². The summed E-state index contributed by atoms with van der Waals surface area (Å²) in [6.07, 6.45) is 1.80. The quantitative estimate of drug-likeness (QED) is 0.175. The zero-order valence-electron chi connectivity index (χ0n) is 19.1. The fraction of sp³-hybridized carbons (Fsp3) is 0.0357. The number of nitrogens with zero attached hydrogens (tertiary/aromatic N) is 3. The van der Waals surface area contributed by atoms with Gasteiger partial charge in [0.1, 0.15) is 16.6 Å². The van der Waals surface area contributed by atoms with E-state index in [1.54, 1.807) is 17.5 Å². The molecule has 0 fully saturated rings. The molecule has 36 heavy (non-hydrogen) atoms. The number of hydrogen-bond donors (Lipinski definition) is 0. The van der Waals surface area contributed by atoms with E-state index in [-0.39, 0.29) is 28.1 Å². The molecular weight excluding hydrogens is 648 g/mol. The molecule has 0 unspecified atom stereocenters. The van der Waals surface area contributed by atoms with Crippen molar-refractivity contribution in [2.24, 2.45) is 0 Å². The number of anilines is 1. The van der Waals surface area contributed by atoms with Gasteiger partial charge in [-0.2, -0.15) is 18.2 Å². The van der Waals surface area contributed by atoms with Gasteiger partial charge in [0.2, 0.25) is 0 Å². The van der Waals surface area contributed by atoms with E-state index >= 15 is 0 Å². The Balaban J connectivity index is 0.00000240. The van der Waals surface area contributed by atoms with Crippen LogP contribution in [-0.2, 0) is 21.1 Å². The van der Waals surface area contributed by atoms with Gasteiger partial charge in [-0.3, -0.25) is 0 Å². The Kier molecular flexibility index (Phi) is 5.83. The van der Waals surface area contributed by atoms with Gasteiger partial charge in [0, 0.05) is 23.2 Å². The minimum Gasteiger partial charge on any atom is -0.537 e. The molecule has 0 aliphatic carbocycles. The number of pyridine rings is 1. The molecule has 4 heterocycles. The molecule has 0 saturated heterocycles. The van der Waals surface area contributed by atoms with Crippen molar-refractivity contribution in [2.75, 3.05) is 11.9 Å². The van der Waals surface area contributed by atoms with Crippen molar-refractivity contribution in [1.29, 1.82) is 0 Å². The van der Waals surface area contributed by atoms with Crippen LogP contribution in [0.25, 0.3) is 27.6 Å². The van der Waals surface area contributed by atoms with Crippen LogP contribution in [0.2, 0.25) is 0 Å². The van der Waals surface area contributed by atoms with E-state index < -0.39 is 0 Å². The normalized spacial score (nSPS) is 12.5. The van der Waals surface area contributed by atoms with Gasteiger partial charge in [-0.05, 0) is 42.1 Å². The summed E-state index contributed by atoms with van der Waals surface area (Å²) in [5, 5.41) is 5.41. The maximum atomic E-state index is 6.25. The Morgan fingerprint density at radius 2 is 1.75 bits per heavy atom. The molecule has 8 heteroatoms. The second-order valence-corrected chi connectivity index (χ2v) is 9.26. The number of ether oxygens (including phenoxy) is 1. The summed E-state index contributed by atoms with van der Waals surface area (Å²) < 4.78 is 14.5. The summed E-state index contributed by atoms with van der Waals surface area (Å²) in [6.45, 7) is 0. The van der Waals surface area contributed by atoms with E-state index in [1.807, 2.05) is 67.0 Å². The van der Waals surface area contributed by atoms with E-state index in [4.69, 9.17) is 9.39 Å². The maximum absolute atomic E-state index is 6.25. The van der Waals surface area contributed by atoms with Crippen LogP contribution in [0, 0.1) is 12.1 Å². The number of para-hydroxylation sites is 1. The molecule has 6 aromatic rings. The molecule has 1 aliphatic heterocycles. The first kappa shape index (κ1) is 22.9. The van der Waals surface area contributed by atoms with Gasteiger partial charge in [-0.1, -0.05) is 29.8 Å². The summed E-state index contributed by atoms with van der Waals surface area (Å²) in [6, 6.07) is 33.0. The molecule has 3 aromatic carbocycles. The molecule has 1 aliphatic rings. The molecule has 0 amide bonds. The van der Waals surface area contributed by atoms with Gasteiger partial charge in [-0.15, -0.1) is 46.5 Å². The number of thiophene rings is 1. The fourth-order valence-corrected chi connectivity index (χ4v) is 5.47. The molecule has 7 rings (SSSR count). The van der Waals surface area contributed by atoms with Crippen LogP contribution in [-0.4, -0.2) is 23.6 Å². The van der Waals surface area contributed by atoms with Crippen LogP contribution in [0.15, 0.2) is 90.4 Å². The zero-order chi connectivity index (χ0) is 23.4. The largest absolute Gasteiger partial charge is 2.00 e. The number of benzene rings is 3. The van der Waals surface area contributed by atoms with Gasteiger partial charge in [0.25, 0.3) is 0 Å². The third-order valence-corrected chi connectivity index (χ3v) is 7.22. The Bertz CT molecular complexity index is 1700. The predicted molar refractivity (Wildman–Crippen MR) is 142 cm³/mol. The number of rotatable bonds is 4. The van der Waals surface area contributed by atoms with Crippen molar-refractivity contribution in [3.63, 3.8) is 0 Å². The SMILES string of the molecule is CN1B(c2[c-]c(Oc3[c-]c4c(cc3)c3ccccc3n4-c3ccccn3)ccc2)Oc2ccsc21.[Pt+2]. The third kappa shape index (κ3) is 3.71. The van der Waals surface area contributed by atoms with Gasteiger partial charge in [0.05, 0.1) is 0 Å². The van der Waals surface area contributed by atoms with Crippen molar-refractivity contribution in [2.45, 2.75) is 0 Å². The minimum atomic E-state index is -0.223. The molecule has 0 radical (unpaired) electrons. The molecule has 0 saturated carbocycles. The van der Waals surface area contributed by atoms with Crippen LogP contribution in [0.4, 0.5) is 5.00 Å². The van der Waals surface area contributed by atoms with E-state index in [9.17, 15) is 0 Å². The molecule has 0 N–H and O–H groups in total. The Labute approximate surface area is 227 Å². The molecule has 0 spiro atoms. The second kappa shape index (κ2) is 9.16. The van der Waals surface area contributed by atoms with Crippen LogP contribution in [0.1, 0.15) is 0 Å². The van der Waals surface area contributed by atoms with Crippen LogP contribution >= 0.6 is 11.3 Å². The monoisotopic (exact) mass is 666 g/mol. The Hall–Kier alpha value is -3.54. The van der Waals surface area contributed by atoms with Crippen molar-refractivity contribution < 1.29 is 30.5 Å². The minimum absolute atomic E-state index is 0. The predicted octanol–water partition coefficient (Wildman–Crippen LogP) is 5.85. The second-order valence-electron chi connectivity index (χ2n) is 8.37. The Morgan fingerprint density at radius 1 is 0.889 bits per heavy atom.